The Morgan fingerprint density at radius 1 is 0.487 bits per heavy atom. The van der Waals surface area contributed by atoms with Crippen molar-refractivity contribution in [2.75, 3.05) is 0 Å². The molecule has 0 saturated carbocycles. The lowest BCUT2D eigenvalue weighted by molar-refractivity contribution is -0.172. The van der Waals surface area contributed by atoms with Crippen molar-refractivity contribution in [1.82, 2.24) is 0 Å². The lowest BCUT2D eigenvalue weighted by atomic mass is 9.72. The van der Waals surface area contributed by atoms with Crippen LogP contribution in [0.5, 0.6) is 0 Å². The number of hydrogen-bond acceptors (Lipinski definition) is 4. The molecule has 0 aliphatic carbocycles. The fraction of sp³-hybridized carbons (Fsp3) is 0.226. The number of benzene rings is 4. The van der Waals surface area contributed by atoms with Gasteiger partial charge in [-0.05, 0) is 84.6 Å². The summed E-state index contributed by atoms with van der Waals surface area (Å²) in [4.78, 5) is 0. The van der Waals surface area contributed by atoms with Crippen molar-refractivity contribution in [3.8, 4) is 0 Å². The topological polar surface area (TPSA) is 58.9 Å². The molecule has 2 atom stereocenters. The molecule has 2 N–H and O–H groups in total. The average molecular weight is 604 g/mol. The molecule has 0 bridgehead atoms. The Morgan fingerprint density at radius 2 is 0.692 bits per heavy atom. The maximum Gasteiger partial charge on any atom is 0.164 e. The van der Waals surface area contributed by atoms with E-state index in [0.717, 1.165) is 0 Å². The smallest absolute Gasteiger partial charge is 0.164 e. The fourth-order valence-corrected chi connectivity index (χ4v) is 5.68. The molecular weight excluding hydrogens is 578 g/mol. The van der Waals surface area contributed by atoms with E-state index >= 15 is 0 Å². The number of rotatable bonds is 6. The Hall–Kier alpha value is -2.12. The Kier molecular flexibility index (Phi) is 7.79. The molecule has 1 saturated heterocycles. The summed E-state index contributed by atoms with van der Waals surface area (Å²) in [6.07, 6.45) is -2.21. The van der Waals surface area contributed by atoms with Gasteiger partial charge in [0.15, 0.2) is 5.79 Å². The maximum absolute atomic E-state index is 12.7. The van der Waals surface area contributed by atoms with Crippen LogP contribution in [-0.2, 0) is 20.7 Å². The van der Waals surface area contributed by atoms with Crippen molar-refractivity contribution >= 4 is 46.4 Å². The summed E-state index contributed by atoms with van der Waals surface area (Å²) in [5.41, 5.74) is -1.58. The fourth-order valence-electron chi connectivity index (χ4n) is 5.18. The first kappa shape index (κ1) is 28.4. The second-order valence-electron chi connectivity index (χ2n) is 10.0. The van der Waals surface area contributed by atoms with Crippen LogP contribution in [0.15, 0.2) is 97.1 Å². The number of ether oxygens (including phenoxy) is 2. The van der Waals surface area contributed by atoms with Crippen molar-refractivity contribution in [2.45, 2.75) is 43.0 Å². The van der Waals surface area contributed by atoms with E-state index in [1.807, 2.05) is 0 Å². The van der Waals surface area contributed by atoms with Crippen molar-refractivity contribution in [1.29, 1.82) is 0 Å². The first-order valence-electron chi connectivity index (χ1n) is 12.3. The molecule has 1 heterocycles. The third-order valence-corrected chi connectivity index (χ3v) is 8.07. The number of hydrogen-bond donors (Lipinski definition) is 2. The minimum absolute atomic E-state index is 0.500. The van der Waals surface area contributed by atoms with E-state index in [4.69, 9.17) is 55.9 Å². The quantitative estimate of drug-likeness (QED) is 0.234. The van der Waals surface area contributed by atoms with E-state index in [0.29, 0.717) is 42.3 Å². The molecule has 0 unspecified atom stereocenters. The first-order chi connectivity index (χ1) is 18.4. The molecule has 4 aromatic carbocycles. The van der Waals surface area contributed by atoms with E-state index in [2.05, 4.69) is 0 Å². The van der Waals surface area contributed by atoms with Gasteiger partial charge in [-0.3, -0.25) is 0 Å². The Bertz CT molecular complexity index is 1230. The van der Waals surface area contributed by atoms with E-state index in [9.17, 15) is 10.2 Å². The van der Waals surface area contributed by atoms with Gasteiger partial charge in [-0.2, -0.15) is 0 Å². The van der Waals surface area contributed by atoms with Gasteiger partial charge in [0.05, 0.1) is 0 Å². The summed E-state index contributed by atoms with van der Waals surface area (Å²) in [6, 6.07) is 27.4. The molecule has 8 heteroatoms. The van der Waals surface area contributed by atoms with Crippen LogP contribution in [0, 0.1) is 0 Å². The Balaban J connectivity index is 1.77. The highest BCUT2D eigenvalue weighted by Gasteiger charge is 2.61. The van der Waals surface area contributed by atoms with Crippen LogP contribution < -0.4 is 0 Å². The molecule has 0 radical (unpaired) electrons. The second-order valence-corrected chi connectivity index (χ2v) is 11.8. The molecule has 4 aromatic rings. The van der Waals surface area contributed by atoms with Gasteiger partial charge in [-0.15, -0.1) is 0 Å². The highest BCUT2D eigenvalue weighted by Crippen LogP contribution is 2.50. The lowest BCUT2D eigenvalue weighted by Gasteiger charge is -2.42. The van der Waals surface area contributed by atoms with E-state index in [-0.39, 0.29) is 0 Å². The highest BCUT2D eigenvalue weighted by atomic mass is 35.5. The van der Waals surface area contributed by atoms with Gasteiger partial charge in [-0.25, -0.2) is 0 Å². The van der Waals surface area contributed by atoms with E-state index < -0.39 is 29.2 Å². The van der Waals surface area contributed by atoms with Gasteiger partial charge in [0.25, 0.3) is 0 Å². The largest absolute Gasteiger partial charge is 0.378 e. The van der Waals surface area contributed by atoms with Gasteiger partial charge < -0.3 is 19.7 Å². The van der Waals surface area contributed by atoms with Gasteiger partial charge >= 0.3 is 0 Å². The van der Waals surface area contributed by atoms with E-state index in [1.54, 1.807) is 111 Å². The molecule has 202 valence electrons. The van der Waals surface area contributed by atoms with Crippen molar-refractivity contribution in [3.63, 3.8) is 0 Å². The molecule has 0 amide bonds. The summed E-state index contributed by atoms with van der Waals surface area (Å²) >= 11 is 24.8. The molecule has 0 aromatic heterocycles. The van der Waals surface area contributed by atoms with Crippen LogP contribution in [0.25, 0.3) is 0 Å². The molecule has 1 aliphatic rings. The van der Waals surface area contributed by atoms with Crippen molar-refractivity contribution < 1.29 is 19.7 Å². The molecule has 4 nitrogen and oxygen atoms in total. The van der Waals surface area contributed by atoms with E-state index in [1.165, 1.54) is 0 Å². The van der Waals surface area contributed by atoms with Crippen LogP contribution in [0.4, 0.5) is 0 Å². The van der Waals surface area contributed by atoms with Crippen molar-refractivity contribution in [2.24, 2.45) is 0 Å². The van der Waals surface area contributed by atoms with Crippen LogP contribution in [0.2, 0.25) is 20.1 Å². The second kappa shape index (κ2) is 10.7. The van der Waals surface area contributed by atoms with Crippen LogP contribution in [0.3, 0.4) is 0 Å². The molecule has 1 aliphatic heterocycles. The molecule has 39 heavy (non-hydrogen) atoms. The standard InChI is InChI=1S/C31H26Cl4O4/c1-29(2)38-27(30(36,19-3-11-23(32)12-4-19)20-5-13-24(33)14-6-20)28(39-29)31(37,21-7-15-25(34)16-8-21)22-9-17-26(35)18-10-22/h3-18,27-28,36-37H,1-2H3/t27-,28-/m0/s1. The normalized spacial score (nSPS) is 19.3. The number of aliphatic hydroxyl groups is 2. The third-order valence-electron chi connectivity index (χ3n) is 7.06. The predicted octanol–water partition coefficient (Wildman–Crippen LogP) is 7.99. The maximum atomic E-state index is 12.7. The first-order valence-corrected chi connectivity index (χ1v) is 13.8. The van der Waals surface area contributed by atoms with Gasteiger partial charge in [-0.1, -0.05) is 94.9 Å². The Labute approximate surface area is 247 Å². The predicted molar refractivity (Wildman–Crippen MR) is 156 cm³/mol. The highest BCUT2D eigenvalue weighted by molar-refractivity contribution is 6.31. The average Bonchev–Trinajstić information content (AvgIpc) is 3.25. The van der Waals surface area contributed by atoms with Gasteiger partial charge in [0.2, 0.25) is 0 Å². The lowest BCUT2D eigenvalue weighted by Crippen LogP contribution is -2.55. The van der Waals surface area contributed by atoms with Gasteiger partial charge in [0.1, 0.15) is 23.4 Å². The Morgan fingerprint density at radius 3 is 0.897 bits per heavy atom. The molecular formula is C31H26Cl4O4. The van der Waals surface area contributed by atoms with Gasteiger partial charge in [0, 0.05) is 20.1 Å². The summed E-state index contributed by atoms with van der Waals surface area (Å²) < 4.78 is 13.0. The van der Waals surface area contributed by atoms with Crippen LogP contribution in [-0.4, -0.2) is 28.2 Å². The third kappa shape index (κ3) is 5.33. The monoisotopic (exact) mass is 602 g/mol. The summed E-state index contributed by atoms with van der Waals surface area (Å²) in [6.45, 7) is 3.49. The zero-order valence-corrected chi connectivity index (χ0v) is 24.1. The number of halogens is 4. The van der Waals surface area contributed by atoms with Crippen molar-refractivity contribution in [3.05, 3.63) is 139 Å². The summed E-state index contributed by atoms with van der Waals surface area (Å²) in [7, 11) is 0. The minimum Gasteiger partial charge on any atom is -0.378 e. The molecule has 5 rings (SSSR count). The van der Waals surface area contributed by atoms with Crippen LogP contribution >= 0.6 is 46.4 Å². The zero-order chi connectivity index (χ0) is 28.0. The minimum atomic E-state index is -1.79. The zero-order valence-electron chi connectivity index (χ0n) is 21.1. The molecule has 0 spiro atoms. The summed E-state index contributed by atoms with van der Waals surface area (Å²) in [5.74, 6) is -1.17. The molecule has 1 fully saturated rings. The SMILES string of the molecule is CC1(C)O[C@H](C(O)(c2ccc(Cl)cc2)c2ccc(Cl)cc2)[C@@H](C(O)(c2ccc(Cl)cc2)c2ccc(Cl)cc2)O1. The van der Waals surface area contributed by atoms with Crippen LogP contribution in [0.1, 0.15) is 36.1 Å². The summed E-state index contributed by atoms with van der Waals surface area (Å²) in [5, 5.41) is 27.5.